The van der Waals surface area contributed by atoms with Crippen molar-refractivity contribution in [2.24, 2.45) is 16.6 Å². The molecular formula is C30H43F3N4O8S. The van der Waals surface area contributed by atoms with E-state index in [2.05, 4.69) is 23.7 Å². The summed E-state index contributed by atoms with van der Waals surface area (Å²) in [7, 11) is -4.14. The molecule has 0 spiro atoms. The maximum absolute atomic E-state index is 13.7. The maximum atomic E-state index is 13.7. The molecule has 46 heavy (non-hydrogen) atoms. The van der Waals surface area contributed by atoms with E-state index in [1.54, 1.807) is 24.3 Å². The topological polar surface area (TPSA) is 204 Å². The van der Waals surface area contributed by atoms with E-state index in [0.717, 1.165) is 5.56 Å². The fourth-order valence-electron chi connectivity index (χ4n) is 4.02. The molecule has 1 atom stereocenters. The summed E-state index contributed by atoms with van der Waals surface area (Å²) in [6, 6.07) is 9.35. The number of hydrogen-bond donors (Lipinski definition) is 5. The van der Waals surface area contributed by atoms with E-state index in [0.29, 0.717) is 35.5 Å². The molecule has 0 saturated carbocycles. The van der Waals surface area contributed by atoms with E-state index in [-0.39, 0.29) is 41.6 Å². The number of benzene rings is 2. The molecule has 2 rings (SSSR count). The Morgan fingerprint density at radius 2 is 1.41 bits per heavy atom. The van der Waals surface area contributed by atoms with Crippen LogP contribution in [-0.4, -0.2) is 62.0 Å². The fourth-order valence-corrected chi connectivity index (χ4v) is 5.90. The van der Waals surface area contributed by atoms with Crippen LogP contribution in [0.3, 0.4) is 0 Å². The smallest absolute Gasteiger partial charge is 0.490 e. The molecule has 7 N–H and O–H groups in total. The third-order valence-corrected chi connectivity index (χ3v) is 7.97. The second-order valence-corrected chi connectivity index (χ2v) is 12.9. The number of carboxylic acid groups (broad SMARTS) is 2. The molecule has 258 valence electrons. The van der Waals surface area contributed by atoms with E-state index in [1.807, 2.05) is 39.8 Å². The van der Waals surface area contributed by atoms with E-state index in [4.69, 9.17) is 30.9 Å². The van der Waals surface area contributed by atoms with Crippen LogP contribution in [0.25, 0.3) is 0 Å². The van der Waals surface area contributed by atoms with E-state index in [9.17, 15) is 31.5 Å². The normalized spacial score (nSPS) is 12.3. The zero-order valence-electron chi connectivity index (χ0n) is 26.6. The number of aliphatic carboxylic acids is 2. The summed E-state index contributed by atoms with van der Waals surface area (Å²) in [5, 5.41) is 20.5. The SMILES string of the molecule is CC(C)c1cc(C(C)C)c(S(=O)(=O)N[C@@H](Cc2ccc(OCCCON=C(N)N)cc2)C(=O)O)c(C(C)C)c1.O=C(O)C(F)(F)F. The van der Waals surface area contributed by atoms with Gasteiger partial charge in [-0.05, 0) is 63.7 Å². The Bertz CT molecular complexity index is 1410. The second-order valence-electron chi connectivity index (χ2n) is 11.2. The molecule has 0 aliphatic rings. The molecule has 0 bridgehead atoms. The first kappa shape index (κ1) is 40.0. The van der Waals surface area contributed by atoms with Crippen molar-refractivity contribution < 1.29 is 51.0 Å². The van der Waals surface area contributed by atoms with Gasteiger partial charge in [-0.3, -0.25) is 4.79 Å². The van der Waals surface area contributed by atoms with Crippen molar-refractivity contribution in [3.05, 3.63) is 58.7 Å². The summed E-state index contributed by atoms with van der Waals surface area (Å²) < 4.78 is 67.3. The summed E-state index contributed by atoms with van der Waals surface area (Å²) in [6.07, 6.45) is -4.56. The van der Waals surface area contributed by atoms with Gasteiger partial charge in [0.05, 0.1) is 11.5 Å². The Morgan fingerprint density at radius 1 is 0.913 bits per heavy atom. The number of carbonyl (C=O) groups is 2. The molecule has 16 heteroatoms. The van der Waals surface area contributed by atoms with Gasteiger partial charge >= 0.3 is 18.1 Å². The highest BCUT2D eigenvalue weighted by Gasteiger charge is 2.38. The maximum Gasteiger partial charge on any atom is 0.490 e. The number of alkyl halides is 3. The zero-order chi connectivity index (χ0) is 35.4. The lowest BCUT2D eigenvalue weighted by atomic mass is 9.89. The van der Waals surface area contributed by atoms with Gasteiger partial charge in [0.25, 0.3) is 0 Å². The highest BCUT2D eigenvalue weighted by molar-refractivity contribution is 7.89. The standard InChI is InChI=1S/C28H42N4O6S.C2HF3O2/c1-17(2)21-15-23(18(3)4)26(24(16-21)19(5)6)39(35,36)32-25(27(33)34)14-20-8-10-22(11-9-20)37-12-7-13-38-31-28(29)30;3-2(4,5)1(6)7/h8-11,15-19,25,32H,7,12-14H2,1-6H3,(H,33,34)(H4,29,30,31);(H,6,7)/t25-;/m0./s1. The van der Waals surface area contributed by atoms with Crippen molar-refractivity contribution in [3.8, 4) is 5.75 Å². The van der Waals surface area contributed by atoms with Crippen LogP contribution < -0.4 is 20.9 Å². The van der Waals surface area contributed by atoms with Gasteiger partial charge in [-0.2, -0.15) is 17.9 Å². The average Bonchev–Trinajstić information content (AvgIpc) is 2.94. The van der Waals surface area contributed by atoms with Crippen LogP contribution in [-0.2, 0) is 30.9 Å². The highest BCUT2D eigenvalue weighted by atomic mass is 32.2. The van der Waals surface area contributed by atoms with Crippen molar-refractivity contribution >= 4 is 27.9 Å². The van der Waals surface area contributed by atoms with E-state index in [1.165, 1.54) is 0 Å². The molecule has 0 aliphatic carbocycles. The van der Waals surface area contributed by atoms with Gasteiger partial charge in [0.15, 0.2) is 0 Å². The predicted molar refractivity (Wildman–Crippen MR) is 166 cm³/mol. The van der Waals surface area contributed by atoms with Gasteiger partial charge in [0.1, 0.15) is 18.4 Å². The van der Waals surface area contributed by atoms with Crippen LogP contribution in [0.5, 0.6) is 5.75 Å². The number of hydrogen-bond acceptors (Lipinski definition) is 7. The van der Waals surface area contributed by atoms with Crippen LogP contribution in [0.15, 0.2) is 46.4 Å². The van der Waals surface area contributed by atoms with Crippen LogP contribution >= 0.6 is 0 Å². The minimum Gasteiger partial charge on any atom is -0.493 e. The molecule has 0 saturated heterocycles. The van der Waals surface area contributed by atoms with Crippen molar-refractivity contribution in [3.63, 3.8) is 0 Å². The van der Waals surface area contributed by atoms with Gasteiger partial charge in [0.2, 0.25) is 16.0 Å². The number of rotatable bonds is 15. The molecule has 0 unspecified atom stereocenters. The Kier molecular flexibility index (Phi) is 15.3. The lowest BCUT2D eigenvalue weighted by molar-refractivity contribution is -0.192. The molecule has 12 nitrogen and oxygen atoms in total. The van der Waals surface area contributed by atoms with Crippen LogP contribution in [0.2, 0.25) is 0 Å². The van der Waals surface area contributed by atoms with Gasteiger partial charge in [0, 0.05) is 6.42 Å². The quantitative estimate of drug-likeness (QED) is 0.0765. The van der Waals surface area contributed by atoms with Crippen LogP contribution in [0.4, 0.5) is 13.2 Å². The van der Waals surface area contributed by atoms with Gasteiger partial charge in [-0.1, -0.05) is 65.8 Å². The molecule has 0 amide bonds. The highest BCUT2D eigenvalue weighted by Crippen LogP contribution is 2.35. The minimum absolute atomic E-state index is 0.0285. The number of guanidine groups is 1. The number of sulfonamides is 1. The largest absolute Gasteiger partial charge is 0.493 e. The van der Waals surface area contributed by atoms with Crippen LogP contribution in [0, 0.1) is 0 Å². The lowest BCUT2D eigenvalue weighted by Crippen LogP contribution is -2.43. The summed E-state index contributed by atoms with van der Waals surface area (Å²) in [5.41, 5.74) is 13.4. The van der Waals surface area contributed by atoms with Crippen molar-refractivity contribution in [2.75, 3.05) is 13.2 Å². The Balaban J connectivity index is 0.00000135. The number of nitrogens with two attached hydrogens (primary N) is 2. The Hall–Kier alpha value is -4.05. The van der Waals surface area contributed by atoms with Gasteiger partial charge < -0.3 is 31.3 Å². The van der Waals surface area contributed by atoms with E-state index >= 15 is 0 Å². The number of nitrogens with zero attached hydrogens (tertiary/aromatic N) is 1. The number of carboxylic acids is 2. The van der Waals surface area contributed by atoms with Crippen molar-refractivity contribution in [2.45, 2.75) is 89.3 Å². The summed E-state index contributed by atoms with van der Waals surface area (Å²) in [4.78, 5) is 26.1. The Morgan fingerprint density at radius 3 is 1.80 bits per heavy atom. The Labute approximate surface area is 267 Å². The molecule has 0 aliphatic heterocycles. The fraction of sp³-hybridized carbons (Fsp3) is 0.500. The minimum atomic E-state index is -5.08. The van der Waals surface area contributed by atoms with E-state index < -0.39 is 34.2 Å². The molecule has 0 fully saturated rings. The number of nitrogens with one attached hydrogen (secondary N) is 1. The molecule has 0 radical (unpaired) electrons. The predicted octanol–water partition coefficient (Wildman–Crippen LogP) is 4.64. The third kappa shape index (κ3) is 13.1. The lowest BCUT2D eigenvalue weighted by Gasteiger charge is -2.24. The summed E-state index contributed by atoms with van der Waals surface area (Å²) >= 11 is 0. The molecule has 2 aromatic rings. The first-order valence-corrected chi connectivity index (χ1v) is 15.8. The number of oxime groups is 1. The monoisotopic (exact) mass is 676 g/mol. The van der Waals surface area contributed by atoms with Crippen LogP contribution in [0.1, 0.15) is 88.0 Å². The third-order valence-electron chi connectivity index (χ3n) is 6.37. The average molecular weight is 677 g/mol. The molecular weight excluding hydrogens is 633 g/mol. The number of halogens is 3. The molecule has 0 aromatic heterocycles. The molecule has 2 aromatic carbocycles. The second kappa shape index (κ2) is 17.6. The van der Waals surface area contributed by atoms with Gasteiger partial charge in [-0.15, -0.1) is 0 Å². The molecule has 0 heterocycles. The van der Waals surface area contributed by atoms with Crippen molar-refractivity contribution in [1.29, 1.82) is 0 Å². The zero-order valence-corrected chi connectivity index (χ0v) is 27.4. The first-order valence-electron chi connectivity index (χ1n) is 14.3. The summed E-state index contributed by atoms with van der Waals surface area (Å²) in [6.45, 7) is 12.6. The first-order chi connectivity index (χ1) is 21.2. The number of ether oxygens (including phenoxy) is 1. The van der Waals surface area contributed by atoms with Gasteiger partial charge in [-0.25, -0.2) is 13.2 Å². The van der Waals surface area contributed by atoms with Crippen molar-refractivity contribution in [1.82, 2.24) is 4.72 Å². The summed E-state index contributed by atoms with van der Waals surface area (Å²) in [5.74, 6) is -3.49.